The van der Waals surface area contributed by atoms with Crippen molar-refractivity contribution in [2.75, 3.05) is 4.90 Å². The quantitative estimate of drug-likeness (QED) is 0.167. The Hall–Kier alpha value is -6.44. The van der Waals surface area contributed by atoms with E-state index < -0.39 is 0 Å². The monoisotopic (exact) mass is 623 g/mol. The van der Waals surface area contributed by atoms with E-state index >= 15 is 0 Å². The molecule has 0 aliphatic heterocycles. The topological polar surface area (TPSA) is 3.24 Å². The van der Waals surface area contributed by atoms with E-state index in [-0.39, 0.29) is 0 Å². The fraction of sp³-hybridized carbons (Fsp3) is 0. The van der Waals surface area contributed by atoms with Gasteiger partial charge in [-0.1, -0.05) is 146 Å². The molecule has 0 aliphatic rings. The second kappa shape index (κ2) is 12.3. The minimum absolute atomic E-state index is 1.11. The van der Waals surface area contributed by atoms with E-state index in [1.807, 2.05) is 0 Å². The Morgan fingerprint density at radius 1 is 0.245 bits per heavy atom. The first-order chi connectivity index (χ1) is 24.3. The number of benzene rings is 9. The van der Waals surface area contributed by atoms with Crippen molar-refractivity contribution >= 4 is 49.4 Å². The lowest BCUT2D eigenvalue weighted by Crippen LogP contribution is -2.09. The van der Waals surface area contributed by atoms with Crippen molar-refractivity contribution in [3.05, 3.63) is 200 Å². The van der Waals surface area contributed by atoms with Gasteiger partial charge in [0.15, 0.2) is 0 Å². The predicted molar refractivity (Wildman–Crippen MR) is 210 cm³/mol. The molecule has 0 spiro atoms. The van der Waals surface area contributed by atoms with E-state index in [0.29, 0.717) is 0 Å². The molecule has 1 nitrogen and oxygen atoms in total. The van der Waals surface area contributed by atoms with E-state index in [4.69, 9.17) is 0 Å². The van der Waals surface area contributed by atoms with Gasteiger partial charge in [0.2, 0.25) is 0 Å². The van der Waals surface area contributed by atoms with Crippen LogP contribution in [-0.4, -0.2) is 0 Å². The Morgan fingerprint density at radius 2 is 0.694 bits per heavy atom. The molecule has 1 heteroatoms. The molecule has 0 unspecified atom stereocenters. The van der Waals surface area contributed by atoms with Crippen LogP contribution in [0.3, 0.4) is 0 Å². The molecule has 0 saturated heterocycles. The predicted octanol–water partition coefficient (Wildman–Crippen LogP) is 13.6. The van der Waals surface area contributed by atoms with Gasteiger partial charge in [-0.15, -0.1) is 0 Å². The summed E-state index contributed by atoms with van der Waals surface area (Å²) in [5, 5.41) is 7.62. The van der Waals surface area contributed by atoms with Gasteiger partial charge in [-0.25, -0.2) is 0 Å². The molecule has 0 aliphatic carbocycles. The molecule has 0 saturated carbocycles. The lowest BCUT2D eigenvalue weighted by atomic mass is 9.93. The summed E-state index contributed by atoms with van der Waals surface area (Å²) < 4.78 is 0. The maximum Gasteiger partial charge on any atom is 0.0462 e. The molecule has 0 amide bonds. The smallest absolute Gasteiger partial charge is 0.0462 e. The zero-order chi connectivity index (χ0) is 32.6. The molecule has 0 aromatic heterocycles. The largest absolute Gasteiger partial charge is 0.311 e. The summed E-state index contributed by atoms with van der Waals surface area (Å²) in [7, 11) is 0. The van der Waals surface area contributed by atoms with Gasteiger partial charge in [-0.05, 0) is 120 Å². The first-order valence-electron chi connectivity index (χ1n) is 16.8. The van der Waals surface area contributed by atoms with Gasteiger partial charge in [0.1, 0.15) is 0 Å². The molecular formula is C48H33N. The molecule has 49 heavy (non-hydrogen) atoms. The van der Waals surface area contributed by atoms with Crippen LogP contribution in [0.4, 0.5) is 17.1 Å². The minimum atomic E-state index is 1.11. The van der Waals surface area contributed by atoms with Crippen LogP contribution in [0.15, 0.2) is 200 Å². The van der Waals surface area contributed by atoms with Crippen molar-refractivity contribution < 1.29 is 0 Å². The molecule has 0 N–H and O–H groups in total. The molecule has 9 aromatic rings. The summed E-state index contributed by atoms with van der Waals surface area (Å²) in [5.74, 6) is 0. The third-order valence-electron chi connectivity index (χ3n) is 9.62. The van der Waals surface area contributed by atoms with E-state index in [0.717, 1.165) is 17.1 Å². The van der Waals surface area contributed by atoms with E-state index in [1.54, 1.807) is 0 Å². The molecular weight excluding hydrogens is 591 g/mol. The fourth-order valence-corrected chi connectivity index (χ4v) is 7.24. The first-order valence-corrected chi connectivity index (χ1v) is 16.8. The number of hydrogen-bond acceptors (Lipinski definition) is 1. The number of hydrogen-bond donors (Lipinski definition) is 0. The van der Waals surface area contributed by atoms with Crippen molar-refractivity contribution in [3.63, 3.8) is 0 Å². The summed E-state index contributed by atoms with van der Waals surface area (Å²) in [5.41, 5.74) is 10.7. The highest BCUT2D eigenvalue weighted by Gasteiger charge is 2.15. The van der Waals surface area contributed by atoms with Crippen molar-refractivity contribution in [1.82, 2.24) is 0 Å². The highest BCUT2D eigenvalue weighted by Crippen LogP contribution is 2.40. The molecule has 0 radical (unpaired) electrons. The van der Waals surface area contributed by atoms with Crippen LogP contribution in [0.1, 0.15) is 0 Å². The van der Waals surface area contributed by atoms with Crippen molar-refractivity contribution in [1.29, 1.82) is 0 Å². The SMILES string of the molecule is c1ccc(-c2cc(-c3ccc(N(c4ccccc4)c4ccc(-c5cc6ccccc6c6ccccc56)cc4)cc3)cc3ccccc23)cc1. The maximum atomic E-state index is 2.34. The van der Waals surface area contributed by atoms with E-state index in [9.17, 15) is 0 Å². The Labute approximate surface area is 287 Å². The highest BCUT2D eigenvalue weighted by molar-refractivity contribution is 6.13. The number of nitrogens with zero attached hydrogens (tertiary/aromatic N) is 1. The van der Waals surface area contributed by atoms with Crippen LogP contribution >= 0.6 is 0 Å². The normalized spacial score (nSPS) is 11.3. The van der Waals surface area contributed by atoms with Crippen LogP contribution in [0, 0.1) is 0 Å². The van der Waals surface area contributed by atoms with Crippen LogP contribution < -0.4 is 4.90 Å². The Bertz CT molecular complexity index is 2570. The standard InChI is InChI=1S/C48H33N/c1-3-13-35(14-4-1)47-33-39(31-37-15-7-10-20-44(37)47)34-23-27-41(28-24-34)49(40-17-5-2-6-18-40)42-29-25-36(26-30-42)48-32-38-16-8-9-19-43(38)45-21-11-12-22-46(45)48/h1-33H. The van der Waals surface area contributed by atoms with Crippen LogP contribution in [0.2, 0.25) is 0 Å². The maximum absolute atomic E-state index is 2.34. The van der Waals surface area contributed by atoms with Gasteiger partial charge in [-0.2, -0.15) is 0 Å². The van der Waals surface area contributed by atoms with Gasteiger partial charge >= 0.3 is 0 Å². The number of rotatable bonds is 6. The molecule has 0 fully saturated rings. The number of fused-ring (bicyclic) bond motifs is 4. The van der Waals surface area contributed by atoms with Crippen LogP contribution in [0.25, 0.3) is 65.7 Å². The average Bonchev–Trinajstić information content (AvgIpc) is 3.18. The summed E-state index contributed by atoms with van der Waals surface area (Å²) in [6.45, 7) is 0. The highest BCUT2D eigenvalue weighted by atomic mass is 15.1. The average molecular weight is 624 g/mol. The second-order valence-corrected chi connectivity index (χ2v) is 12.6. The van der Waals surface area contributed by atoms with Crippen molar-refractivity contribution in [3.8, 4) is 33.4 Å². The fourth-order valence-electron chi connectivity index (χ4n) is 7.24. The van der Waals surface area contributed by atoms with Crippen LogP contribution in [0.5, 0.6) is 0 Å². The third kappa shape index (κ3) is 5.32. The summed E-state index contributed by atoms with van der Waals surface area (Å²) >= 11 is 0. The van der Waals surface area contributed by atoms with Crippen molar-refractivity contribution in [2.45, 2.75) is 0 Å². The third-order valence-corrected chi connectivity index (χ3v) is 9.62. The minimum Gasteiger partial charge on any atom is -0.311 e. The van der Waals surface area contributed by atoms with Gasteiger partial charge < -0.3 is 4.90 Å². The Kier molecular flexibility index (Phi) is 7.22. The Balaban J connectivity index is 1.11. The lowest BCUT2D eigenvalue weighted by Gasteiger charge is -2.26. The van der Waals surface area contributed by atoms with Gasteiger partial charge in [0.25, 0.3) is 0 Å². The van der Waals surface area contributed by atoms with Gasteiger partial charge in [0, 0.05) is 17.1 Å². The zero-order valence-electron chi connectivity index (χ0n) is 27.0. The summed E-state index contributed by atoms with van der Waals surface area (Å²) in [6.07, 6.45) is 0. The number of para-hydroxylation sites is 1. The summed E-state index contributed by atoms with van der Waals surface area (Å²) in [6, 6.07) is 72.4. The first kappa shape index (κ1) is 28.8. The van der Waals surface area contributed by atoms with Crippen LogP contribution in [-0.2, 0) is 0 Å². The van der Waals surface area contributed by atoms with E-state index in [2.05, 4.69) is 205 Å². The zero-order valence-corrected chi connectivity index (χ0v) is 27.0. The molecule has 0 heterocycles. The molecule has 9 rings (SSSR count). The van der Waals surface area contributed by atoms with Crippen molar-refractivity contribution in [2.24, 2.45) is 0 Å². The molecule has 0 bridgehead atoms. The molecule has 0 atom stereocenters. The van der Waals surface area contributed by atoms with Gasteiger partial charge in [-0.3, -0.25) is 0 Å². The molecule has 230 valence electrons. The molecule has 9 aromatic carbocycles. The lowest BCUT2D eigenvalue weighted by molar-refractivity contribution is 1.28. The van der Waals surface area contributed by atoms with Gasteiger partial charge in [0.05, 0.1) is 0 Å². The number of anilines is 3. The second-order valence-electron chi connectivity index (χ2n) is 12.6. The summed E-state index contributed by atoms with van der Waals surface area (Å²) in [4.78, 5) is 2.34. The van der Waals surface area contributed by atoms with E-state index in [1.165, 1.54) is 65.7 Å². The Morgan fingerprint density at radius 3 is 1.37 bits per heavy atom.